The minimum Gasteiger partial charge on any atom is -0.384 e. The van der Waals surface area contributed by atoms with Crippen molar-refractivity contribution in [3.63, 3.8) is 0 Å². The van der Waals surface area contributed by atoms with Crippen molar-refractivity contribution in [1.29, 1.82) is 0 Å². The Morgan fingerprint density at radius 2 is 1.88 bits per heavy atom. The molecule has 1 saturated heterocycles. The van der Waals surface area contributed by atoms with Crippen molar-refractivity contribution in [2.45, 2.75) is 38.4 Å². The first-order chi connectivity index (χ1) is 11.8. The van der Waals surface area contributed by atoms with E-state index in [4.69, 9.17) is 4.74 Å². The molecule has 1 heterocycles. The van der Waals surface area contributed by atoms with Crippen LogP contribution in [-0.4, -0.2) is 30.9 Å². The van der Waals surface area contributed by atoms with E-state index >= 15 is 0 Å². The third-order valence-electron chi connectivity index (χ3n) is 4.63. The molecule has 24 heavy (non-hydrogen) atoms. The lowest BCUT2D eigenvalue weighted by molar-refractivity contribution is 0.115. The largest absolute Gasteiger partial charge is 0.384 e. The Kier molecular flexibility index (Phi) is 5.89. The van der Waals surface area contributed by atoms with E-state index in [1.165, 1.54) is 0 Å². The van der Waals surface area contributed by atoms with Gasteiger partial charge in [-0.2, -0.15) is 0 Å². The van der Waals surface area contributed by atoms with Gasteiger partial charge in [0.15, 0.2) is 0 Å². The molecule has 0 spiro atoms. The fourth-order valence-corrected chi connectivity index (χ4v) is 3.44. The summed E-state index contributed by atoms with van der Waals surface area (Å²) in [4.78, 5) is 2.37. The third kappa shape index (κ3) is 3.97. The molecule has 2 aromatic rings. The zero-order chi connectivity index (χ0) is 16.8. The highest BCUT2D eigenvalue weighted by atomic mass is 16.5. The van der Waals surface area contributed by atoms with Crippen LogP contribution in [0.5, 0.6) is 0 Å². The van der Waals surface area contributed by atoms with Crippen LogP contribution in [0, 0.1) is 0 Å². The molecule has 0 aromatic heterocycles. The Labute approximate surface area is 144 Å². The van der Waals surface area contributed by atoms with Crippen molar-refractivity contribution < 1.29 is 9.84 Å². The van der Waals surface area contributed by atoms with Crippen LogP contribution in [0.1, 0.15) is 43.4 Å². The van der Waals surface area contributed by atoms with Crippen molar-refractivity contribution in [2.75, 3.05) is 24.6 Å². The molecule has 3 nitrogen and oxygen atoms in total. The van der Waals surface area contributed by atoms with Gasteiger partial charge in [0, 0.05) is 30.9 Å². The molecule has 0 amide bonds. The van der Waals surface area contributed by atoms with Crippen molar-refractivity contribution in [3.8, 4) is 0 Å². The molecular weight excluding hydrogens is 298 g/mol. The summed E-state index contributed by atoms with van der Waals surface area (Å²) in [5.74, 6) is 0. The quantitative estimate of drug-likeness (QED) is 0.829. The Hall–Kier alpha value is -1.84. The maximum absolute atomic E-state index is 10.9. The number of rotatable bonds is 7. The number of benzene rings is 2. The van der Waals surface area contributed by atoms with Gasteiger partial charge in [0.2, 0.25) is 0 Å². The van der Waals surface area contributed by atoms with Gasteiger partial charge in [-0.25, -0.2) is 0 Å². The molecule has 2 aromatic carbocycles. The molecule has 1 fully saturated rings. The molecule has 2 atom stereocenters. The van der Waals surface area contributed by atoms with Crippen molar-refractivity contribution in [3.05, 3.63) is 65.7 Å². The molecule has 1 aliphatic rings. The maximum atomic E-state index is 10.9. The summed E-state index contributed by atoms with van der Waals surface area (Å²) in [6, 6.07) is 18.1. The number of hydrogen-bond donors (Lipinski definition) is 1. The van der Waals surface area contributed by atoms with E-state index in [0.717, 1.165) is 55.8 Å². The number of aliphatic hydroxyl groups excluding tert-OH is 1. The summed E-state index contributed by atoms with van der Waals surface area (Å²) < 4.78 is 5.83. The minimum atomic E-state index is -0.605. The lowest BCUT2D eigenvalue weighted by atomic mass is 9.99. The second-order valence-electron chi connectivity index (χ2n) is 6.45. The van der Waals surface area contributed by atoms with Crippen LogP contribution in [0.15, 0.2) is 54.6 Å². The Morgan fingerprint density at radius 1 is 1.12 bits per heavy atom. The normalized spacial score (nSPS) is 18.5. The zero-order valence-corrected chi connectivity index (χ0v) is 14.4. The van der Waals surface area contributed by atoms with Gasteiger partial charge in [-0.3, -0.25) is 0 Å². The summed E-state index contributed by atoms with van der Waals surface area (Å²) in [6.45, 7) is 4.93. The number of aliphatic hydroxyl groups is 1. The first kappa shape index (κ1) is 17.0. The summed E-state index contributed by atoms with van der Waals surface area (Å²) in [7, 11) is 0. The zero-order valence-electron chi connectivity index (χ0n) is 14.4. The van der Waals surface area contributed by atoms with E-state index in [1.54, 1.807) is 0 Å². The second kappa shape index (κ2) is 8.32. The molecule has 0 aliphatic carbocycles. The van der Waals surface area contributed by atoms with Crippen LogP contribution < -0.4 is 4.90 Å². The van der Waals surface area contributed by atoms with Gasteiger partial charge < -0.3 is 14.7 Å². The summed E-state index contributed by atoms with van der Waals surface area (Å²) in [5.41, 5.74) is 3.01. The standard InChI is InChI=1S/C21H27NO2/c1-2-14-22(16-18-11-8-15-24-18)20-13-7-6-12-19(20)21(23)17-9-4-3-5-10-17/h3-7,9-10,12-13,18,21,23H,2,8,11,14-16H2,1H3. The van der Waals surface area contributed by atoms with Crippen LogP contribution in [0.3, 0.4) is 0 Å². The van der Waals surface area contributed by atoms with Gasteiger partial charge in [-0.1, -0.05) is 55.5 Å². The van der Waals surface area contributed by atoms with Crippen LogP contribution in [0.25, 0.3) is 0 Å². The molecule has 1 aliphatic heterocycles. The first-order valence-electron chi connectivity index (χ1n) is 8.98. The molecule has 3 rings (SSSR count). The minimum absolute atomic E-state index is 0.304. The lowest BCUT2D eigenvalue weighted by Crippen LogP contribution is -2.33. The Morgan fingerprint density at radius 3 is 2.58 bits per heavy atom. The Bertz CT molecular complexity index is 623. The van der Waals surface area contributed by atoms with Crippen LogP contribution >= 0.6 is 0 Å². The SMILES string of the molecule is CCCN(CC1CCCO1)c1ccccc1C(O)c1ccccc1. The molecule has 0 saturated carbocycles. The molecule has 128 valence electrons. The van der Waals surface area contributed by atoms with Crippen LogP contribution in [0.4, 0.5) is 5.69 Å². The van der Waals surface area contributed by atoms with E-state index in [0.29, 0.717) is 6.10 Å². The highest BCUT2D eigenvalue weighted by molar-refractivity contribution is 5.56. The highest BCUT2D eigenvalue weighted by Crippen LogP contribution is 2.31. The first-order valence-corrected chi connectivity index (χ1v) is 8.98. The molecular formula is C21H27NO2. The van der Waals surface area contributed by atoms with E-state index in [9.17, 15) is 5.11 Å². The summed E-state index contributed by atoms with van der Waals surface area (Å²) in [6.07, 6.45) is 3.05. The van der Waals surface area contributed by atoms with Gasteiger partial charge in [0.25, 0.3) is 0 Å². The molecule has 1 N–H and O–H groups in total. The number of para-hydroxylation sites is 1. The predicted octanol–water partition coefficient (Wildman–Crippen LogP) is 4.16. The molecule has 0 bridgehead atoms. The second-order valence-corrected chi connectivity index (χ2v) is 6.45. The molecule has 2 unspecified atom stereocenters. The number of ether oxygens (including phenoxy) is 1. The number of hydrogen-bond acceptors (Lipinski definition) is 3. The van der Waals surface area contributed by atoms with Gasteiger partial charge in [-0.05, 0) is 30.9 Å². The highest BCUT2D eigenvalue weighted by Gasteiger charge is 2.22. The van der Waals surface area contributed by atoms with Gasteiger partial charge in [0.05, 0.1) is 6.10 Å². The molecule has 3 heteroatoms. The van der Waals surface area contributed by atoms with Gasteiger partial charge in [-0.15, -0.1) is 0 Å². The lowest BCUT2D eigenvalue weighted by Gasteiger charge is -2.30. The molecule has 0 radical (unpaired) electrons. The fraction of sp³-hybridized carbons (Fsp3) is 0.429. The summed E-state index contributed by atoms with van der Waals surface area (Å²) >= 11 is 0. The maximum Gasteiger partial charge on any atom is 0.106 e. The average Bonchev–Trinajstić information content (AvgIpc) is 3.15. The smallest absolute Gasteiger partial charge is 0.106 e. The van der Waals surface area contributed by atoms with E-state index in [-0.39, 0.29) is 0 Å². The number of nitrogens with zero attached hydrogens (tertiary/aromatic N) is 1. The van der Waals surface area contributed by atoms with E-state index < -0.39 is 6.10 Å². The van der Waals surface area contributed by atoms with E-state index in [2.05, 4.69) is 24.0 Å². The topological polar surface area (TPSA) is 32.7 Å². The van der Waals surface area contributed by atoms with Crippen molar-refractivity contribution in [1.82, 2.24) is 0 Å². The average molecular weight is 325 g/mol. The van der Waals surface area contributed by atoms with Crippen molar-refractivity contribution >= 4 is 5.69 Å². The monoisotopic (exact) mass is 325 g/mol. The summed E-state index contributed by atoms with van der Waals surface area (Å²) in [5, 5.41) is 10.9. The van der Waals surface area contributed by atoms with Crippen LogP contribution in [-0.2, 0) is 4.74 Å². The Balaban J connectivity index is 1.87. The predicted molar refractivity (Wildman–Crippen MR) is 98.4 cm³/mol. The number of anilines is 1. The van der Waals surface area contributed by atoms with Gasteiger partial charge >= 0.3 is 0 Å². The van der Waals surface area contributed by atoms with Crippen molar-refractivity contribution in [2.24, 2.45) is 0 Å². The van der Waals surface area contributed by atoms with E-state index in [1.807, 2.05) is 42.5 Å². The van der Waals surface area contributed by atoms with Gasteiger partial charge in [0.1, 0.15) is 6.10 Å². The fourth-order valence-electron chi connectivity index (χ4n) is 3.44. The van der Waals surface area contributed by atoms with Crippen LogP contribution in [0.2, 0.25) is 0 Å². The third-order valence-corrected chi connectivity index (χ3v) is 4.63.